The van der Waals surface area contributed by atoms with Crippen molar-refractivity contribution in [3.8, 4) is 0 Å². The van der Waals surface area contributed by atoms with E-state index in [0.29, 0.717) is 21.0 Å². The number of aromatic nitrogens is 2. The minimum atomic E-state index is -0.349. The van der Waals surface area contributed by atoms with Gasteiger partial charge in [-0.3, -0.25) is 4.79 Å². The van der Waals surface area contributed by atoms with Crippen LogP contribution < -0.4 is 10.6 Å². The van der Waals surface area contributed by atoms with E-state index in [2.05, 4.69) is 36.8 Å². The summed E-state index contributed by atoms with van der Waals surface area (Å²) >= 11 is 9.26. The number of carbonyl (C=O) groups is 1. The number of benzene rings is 1. The Morgan fingerprint density at radius 2 is 2.05 bits per heavy atom. The maximum atomic E-state index is 12.0. The highest BCUT2D eigenvalue weighted by Crippen LogP contribution is 2.30. The molecule has 1 aromatic carbocycles. The monoisotopic (exact) mass is 340 g/mol. The molecule has 2 aromatic rings. The first kappa shape index (κ1) is 13.8. The van der Waals surface area contributed by atoms with Crippen LogP contribution in [0.1, 0.15) is 10.5 Å². The van der Waals surface area contributed by atoms with E-state index < -0.39 is 0 Å². The maximum Gasteiger partial charge on any atom is 0.276 e. The molecule has 0 aliphatic carbocycles. The van der Waals surface area contributed by atoms with Crippen LogP contribution in [0.4, 0.5) is 11.5 Å². The second-order valence-electron chi connectivity index (χ2n) is 3.61. The third-order valence-electron chi connectivity index (χ3n) is 2.35. The number of hydrogen-bond acceptors (Lipinski definition) is 4. The molecule has 0 aliphatic heterocycles. The minimum absolute atomic E-state index is 0.228. The number of nitrogens with one attached hydrogen (secondary N) is 2. The van der Waals surface area contributed by atoms with Crippen molar-refractivity contribution >= 4 is 44.9 Å². The summed E-state index contributed by atoms with van der Waals surface area (Å²) in [6, 6.07) is 8.48. The molecule has 0 spiro atoms. The van der Waals surface area contributed by atoms with E-state index >= 15 is 0 Å². The molecule has 2 N–H and O–H groups in total. The van der Waals surface area contributed by atoms with Crippen LogP contribution in [0.5, 0.6) is 0 Å². The van der Waals surface area contributed by atoms with Gasteiger partial charge in [0.2, 0.25) is 0 Å². The van der Waals surface area contributed by atoms with Crippen LogP contribution in [0.25, 0.3) is 0 Å². The van der Waals surface area contributed by atoms with E-state index in [4.69, 9.17) is 11.6 Å². The fraction of sp³-hybridized carbons (Fsp3) is 0.0833. The van der Waals surface area contributed by atoms with Crippen molar-refractivity contribution in [3.63, 3.8) is 0 Å². The van der Waals surface area contributed by atoms with Gasteiger partial charge in [0.25, 0.3) is 5.91 Å². The van der Waals surface area contributed by atoms with Gasteiger partial charge in [0, 0.05) is 7.05 Å². The zero-order valence-corrected chi connectivity index (χ0v) is 12.3. The van der Waals surface area contributed by atoms with Crippen LogP contribution >= 0.6 is 27.5 Å². The lowest BCUT2D eigenvalue weighted by atomic mass is 10.3. The first-order chi connectivity index (χ1) is 9.11. The summed E-state index contributed by atoms with van der Waals surface area (Å²) < 4.78 is 0.629. The number of carbonyl (C=O) groups excluding carboxylic acids is 1. The quantitative estimate of drug-likeness (QED) is 0.900. The Kier molecular flexibility index (Phi) is 4.34. The van der Waals surface area contributed by atoms with Gasteiger partial charge in [-0.25, -0.2) is 0 Å². The Balaban J connectivity index is 2.18. The van der Waals surface area contributed by atoms with Gasteiger partial charge in [0.15, 0.2) is 5.69 Å². The summed E-state index contributed by atoms with van der Waals surface area (Å²) in [4.78, 5) is 12.0. The molecule has 7 heteroatoms. The third-order valence-corrected chi connectivity index (χ3v) is 3.75. The van der Waals surface area contributed by atoms with Gasteiger partial charge in [-0.2, -0.15) is 0 Å². The Morgan fingerprint density at radius 1 is 1.26 bits per heavy atom. The summed E-state index contributed by atoms with van der Waals surface area (Å²) in [5.41, 5.74) is 0.808. The molecule has 5 nitrogen and oxygen atoms in total. The van der Waals surface area contributed by atoms with Gasteiger partial charge in [-0.05, 0) is 40.2 Å². The van der Waals surface area contributed by atoms with Crippen molar-refractivity contribution in [1.29, 1.82) is 0 Å². The maximum absolute atomic E-state index is 12.0. The van der Waals surface area contributed by atoms with Crippen LogP contribution in [0.2, 0.25) is 5.02 Å². The van der Waals surface area contributed by atoms with Gasteiger partial charge in [0.1, 0.15) is 5.82 Å². The lowest BCUT2D eigenvalue weighted by Crippen LogP contribution is -2.15. The lowest BCUT2D eigenvalue weighted by molar-refractivity contribution is 0.102. The molecule has 1 amide bonds. The first-order valence-corrected chi connectivity index (χ1v) is 6.55. The molecule has 2 rings (SSSR count). The number of anilines is 2. The Bertz CT molecular complexity index is 603. The van der Waals surface area contributed by atoms with Gasteiger partial charge in [-0.15, -0.1) is 10.2 Å². The largest absolute Gasteiger partial charge is 0.372 e. The van der Waals surface area contributed by atoms with Crippen molar-refractivity contribution in [2.24, 2.45) is 0 Å². The number of hydrogen-bond donors (Lipinski definition) is 2. The summed E-state index contributed by atoms with van der Waals surface area (Å²) in [7, 11) is 1.73. The molecule has 0 radical (unpaired) electrons. The predicted octanol–water partition coefficient (Wildman–Crippen LogP) is 3.19. The molecule has 0 aliphatic rings. The van der Waals surface area contributed by atoms with Gasteiger partial charge >= 0.3 is 0 Å². The third kappa shape index (κ3) is 3.21. The standard InChI is InChI=1S/C12H10BrClN4O/c1-15-10-6-5-9(17-18-10)12(19)16-8-4-2-3-7(14)11(8)13/h2-6H,1H3,(H,15,18)(H,16,19). The number of nitrogens with zero attached hydrogens (tertiary/aromatic N) is 2. The predicted molar refractivity (Wildman–Crippen MR) is 78.7 cm³/mol. The number of halogens is 2. The normalized spacial score (nSPS) is 10.1. The summed E-state index contributed by atoms with van der Waals surface area (Å²) in [5, 5.41) is 13.7. The number of rotatable bonds is 3. The van der Waals surface area contributed by atoms with Crippen LogP contribution in [0.15, 0.2) is 34.8 Å². The highest BCUT2D eigenvalue weighted by molar-refractivity contribution is 9.10. The molecule has 1 heterocycles. The molecule has 19 heavy (non-hydrogen) atoms. The fourth-order valence-corrected chi connectivity index (χ4v) is 1.91. The summed E-state index contributed by atoms with van der Waals surface area (Å²) in [6.07, 6.45) is 0. The van der Waals surface area contributed by atoms with Crippen molar-refractivity contribution in [3.05, 3.63) is 45.5 Å². The smallest absolute Gasteiger partial charge is 0.276 e. The Morgan fingerprint density at radius 3 is 2.68 bits per heavy atom. The van der Waals surface area contributed by atoms with Crippen molar-refractivity contribution in [2.75, 3.05) is 17.7 Å². The summed E-state index contributed by atoms with van der Waals surface area (Å²) in [5.74, 6) is 0.249. The van der Waals surface area contributed by atoms with Crippen LogP contribution in [0.3, 0.4) is 0 Å². The zero-order valence-electron chi connectivity index (χ0n) is 9.95. The van der Waals surface area contributed by atoms with E-state index in [1.54, 1.807) is 37.4 Å². The molecule has 0 bridgehead atoms. The molecular weight excluding hydrogens is 332 g/mol. The van der Waals surface area contributed by atoms with Crippen molar-refractivity contribution in [1.82, 2.24) is 10.2 Å². The van der Waals surface area contributed by atoms with Crippen LogP contribution in [-0.4, -0.2) is 23.2 Å². The topological polar surface area (TPSA) is 66.9 Å². The highest BCUT2D eigenvalue weighted by Gasteiger charge is 2.11. The van der Waals surface area contributed by atoms with Gasteiger partial charge < -0.3 is 10.6 Å². The minimum Gasteiger partial charge on any atom is -0.372 e. The molecule has 0 fully saturated rings. The fourth-order valence-electron chi connectivity index (χ4n) is 1.37. The van der Waals surface area contributed by atoms with Crippen molar-refractivity contribution in [2.45, 2.75) is 0 Å². The van der Waals surface area contributed by atoms with Gasteiger partial charge in [0.05, 0.1) is 15.2 Å². The highest BCUT2D eigenvalue weighted by atomic mass is 79.9. The number of amides is 1. The first-order valence-electron chi connectivity index (χ1n) is 5.38. The zero-order chi connectivity index (χ0) is 13.8. The van der Waals surface area contributed by atoms with E-state index in [-0.39, 0.29) is 11.6 Å². The molecule has 98 valence electrons. The molecule has 0 unspecified atom stereocenters. The van der Waals surface area contributed by atoms with Gasteiger partial charge in [-0.1, -0.05) is 17.7 Å². The lowest BCUT2D eigenvalue weighted by Gasteiger charge is -2.07. The average Bonchev–Trinajstić information content (AvgIpc) is 2.44. The average molecular weight is 342 g/mol. The molecule has 0 saturated heterocycles. The SMILES string of the molecule is CNc1ccc(C(=O)Nc2cccc(Cl)c2Br)nn1. The second kappa shape index (κ2) is 5.99. The molecular formula is C12H10BrClN4O. The van der Waals surface area contributed by atoms with Crippen LogP contribution in [0, 0.1) is 0 Å². The molecule has 0 atom stereocenters. The second-order valence-corrected chi connectivity index (χ2v) is 4.81. The Labute approximate surface area is 123 Å². The van der Waals surface area contributed by atoms with E-state index in [9.17, 15) is 4.79 Å². The van der Waals surface area contributed by atoms with E-state index in [1.165, 1.54) is 0 Å². The summed E-state index contributed by atoms with van der Waals surface area (Å²) in [6.45, 7) is 0. The van der Waals surface area contributed by atoms with E-state index in [0.717, 1.165) is 0 Å². The molecule has 0 saturated carbocycles. The van der Waals surface area contributed by atoms with E-state index in [1.807, 2.05) is 0 Å². The van der Waals surface area contributed by atoms with Crippen molar-refractivity contribution < 1.29 is 4.79 Å². The van der Waals surface area contributed by atoms with Crippen LogP contribution in [-0.2, 0) is 0 Å². The molecule has 1 aromatic heterocycles. The Hall–Kier alpha value is -1.66.